The Hall–Kier alpha value is -1.59. The molecule has 0 aliphatic carbocycles. The number of amides is 2. The average Bonchev–Trinajstić information content (AvgIpc) is 2.49. The molecule has 1 saturated heterocycles. The summed E-state index contributed by atoms with van der Waals surface area (Å²) in [5.74, 6) is -0.318. The molecule has 2 amide bonds. The Kier molecular flexibility index (Phi) is 4.85. The molecular formula is C15H20ClN3O2. The van der Waals surface area contributed by atoms with Gasteiger partial charge in [0.15, 0.2) is 0 Å². The molecule has 1 fully saturated rings. The molecule has 0 aromatic heterocycles. The molecule has 1 atom stereocenters. The van der Waals surface area contributed by atoms with Gasteiger partial charge in [-0.3, -0.25) is 9.59 Å². The number of halogens is 1. The Balaban J connectivity index is 2.16. The minimum absolute atomic E-state index is 0.0418. The maximum atomic E-state index is 12.4. The van der Waals surface area contributed by atoms with Gasteiger partial charge < -0.3 is 16.0 Å². The number of hydrogen-bond donors (Lipinski definition) is 3. The average molecular weight is 310 g/mol. The van der Waals surface area contributed by atoms with Crippen molar-refractivity contribution in [2.45, 2.75) is 19.8 Å². The van der Waals surface area contributed by atoms with E-state index in [0.717, 1.165) is 19.4 Å². The van der Waals surface area contributed by atoms with Gasteiger partial charge in [0.2, 0.25) is 5.91 Å². The summed E-state index contributed by atoms with van der Waals surface area (Å²) in [6.45, 7) is 3.56. The lowest BCUT2D eigenvalue weighted by atomic mass is 9.82. The Morgan fingerprint density at radius 2 is 2.14 bits per heavy atom. The topological polar surface area (TPSA) is 70.2 Å². The highest BCUT2D eigenvalue weighted by molar-refractivity contribution is 6.34. The summed E-state index contributed by atoms with van der Waals surface area (Å²) in [6.07, 6.45) is 1.83. The number of anilines is 1. The van der Waals surface area contributed by atoms with E-state index in [-0.39, 0.29) is 11.8 Å². The third kappa shape index (κ3) is 3.54. The fourth-order valence-corrected chi connectivity index (χ4v) is 2.65. The van der Waals surface area contributed by atoms with Crippen molar-refractivity contribution in [1.82, 2.24) is 10.6 Å². The van der Waals surface area contributed by atoms with Gasteiger partial charge in [0.25, 0.3) is 5.91 Å². The summed E-state index contributed by atoms with van der Waals surface area (Å²) in [4.78, 5) is 24.2. The lowest BCUT2D eigenvalue weighted by Gasteiger charge is -2.32. The van der Waals surface area contributed by atoms with Crippen molar-refractivity contribution in [1.29, 1.82) is 0 Å². The van der Waals surface area contributed by atoms with Crippen molar-refractivity contribution in [2.75, 3.05) is 25.5 Å². The summed E-state index contributed by atoms with van der Waals surface area (Å²) in [7, 11) is 1.54. The van der Waals surface area contributed by atoms with Crippen molar-refractivity contribution in [2.24, 2.45) is 5.41 Å². The van der Waals surface area contributed by atoms with E-state index in [1.807, 2.05) is 6.92 Å². The minimum atomic E-state index is -0.426. The zero-order valence-electron chi connectivity index (χ0n) is 12.3. The SMILES string of the molecule is CNC(=O)c1cc(NC(=O)C2(C)CCCNC2)ccc1Cl. The number of hydrogen-bond acceptors (Lipinski definition) is 3. The third-order valence-corrected chi connectivity index (χ3v) is 4.17. The van der Waals surface area contributed by atoms with Crippen LogP contribution in [0.15, 0.2) is 18.2 Å². The van der Waals surface area contributed by atoms with Crippen LogP contribution in [0.3, 0.4) is 0 Å². The number of rotatable bonds is 3. The molecule has 1 aromatic carbocycles. The van der Waals surface area contributed by atoms with E-state index in [1.54, 1.807) is 25.2 Å². The van der Waals surface area contributed by atoms with Crippen molar-refractivity contribution >= 4 is 29.1 Å². The summed E-state index contributed by atoms with van der Waals surface area (Å²) in [6, 6.07) is 4.91. The third-order valence-electron chi connectivity index (χ3n) is 3.84. The van der Waals surface area contributed by atoms with Crippen LogP contribution >= 0.6 is 11.6 Å². The molecule has 114 valence electrons. The second-order valence-corrected chi connectivity index (χ2v) is 5.98. The highest BCUT2D eigenvalue weighted by Crippen LogP contribution is 2.28. The zero-order chi connectivity index (χ0) is 15.5. The molecule has 1 heterocycles. The van der Waals surface area contributed by atoms with E-state index < -0.39 is 5.41 Å². The molecule has 1 aromatic rings. The van der Waals surface area contributed by atoms with Crippen molar-refractivity contribution in [3.63, 3.8) is 0 Å². The van der Waals surface area contributed by atoms with Crippen LogP contribution in [0.1, 0.15) is 30.1 Å². The van der Waals surface area contributed by atoms with Crippen molar-refractivity contribution in [3.8, 4) is 0 Å². The van der Waals surface area contributed by atoms with Crippen LogP contribution in [0.25, 0.3) is 0 Å². The number of nitrogens with one attached hydrogen (secondary N) is 3. The standard InChI is InChI=1S/C15H20ClN3O2/c1-15(6-3-7-18-9-15)14(21)19-10-4-5-12(16)11(8-10)13(20)17-2/h4-5,8,18H,3,6-7,9H2,1-2H3,(H,17,20)(H,19,21). The van der Waals surface area contributed by atoms with Gasteiger partial charge in [-0.05, 0) is 44.5 Å². The lowest BCUT2D eigenvalue weighted by Crippen LogP contribution is -2.46. The van der Waals surface area contributed by atoms with Gasteiger partial charge in [-0.25, -0.2) is 0 Å². The van der Waals surface area contributed by atoms with Crippen LogP contribution in [0, 0.1) is 5.41 Å². The van der Waals surface area contributed by atoms with E-state index in [9.17, 15) is 9.59 Å². The predicted molar refractivity (Wildman–Crippen MR) is 83.7 cm³/mol. The number of carbonyl (C=O) groups is 2. The molecule has 0 spiro atoms. The first-order chi connectivity index (χ1) is 9.96. The Morgan fingerprint density at radius 1 is 1.38 bits per heavy atom. The van der Waals surface area contributed by atoms with E-state index in [0.29, 0.717) is 22.8 Å². The fourth-order valence-electron chi connectivity index (χ4n) is 2.44. The van der Waals surface area contributed by atoms with Crippen LogP contribution in [0.5, 0.6) is 0 Å². The summed E-state index contributed by atoms with van der Waals surface area (Å²) in [5.41, 5.74) is 0.504. The number of carbonyl (C=O) groups excluding carboxylic acids is 2. The highest BCUT2D eigenvalue weighted by atomic mass is 35.5. The molecule has 1 aliphatic heterocycles. The van der Waals surface area contributed by atoms with Crippen LogP contribution in [0.4, 0.5) is 5.69 Å². The molecule has 0 saturated carbocycles. The van der Waals surface area contributed by atoms with Crippen LogP contribution in [0.2, 0.25) is 5.02 Å². The van der Waals surface area contributed by atoms with Gasteiger partial charge in [0, 0.05) is 19.3 Å². The van der Waals surface area contributed by atoms with E-state index in [2.05, 4.69) is 16.0 Å². The van der Waals surface area contributed by atoms with Gasteiger partial charge in [0.05, 0.1) is 16.0 Å². The molecule has 2 rings (SSSR count). The molecule has 1 aliphatic rings. The number of piperidine rings is 1. The first-order valence-electron chi connectivity index (χ1n) is 7.00. The Bertz CT molecular complexity index is 554. The quantitative estimate of drug-likeness (QED) is 0.800. The lowest BCUT2D eigenvalue weighted by molar-refractivity contribution is -0.125. The zero-order valence-corrected chi connectivity index (χ0v) is 13.0. The molecule has 21 heavy (non-hydrogen) atoms. The van der Waals surface area contributed by atoms with Gasteiger partial charge >= 0.3 is 0 Å². The smallest absolute Gasteiger partial charge is 0.252 e. The van der Waals surface area contributed by atoms with E-state index >= 15 is 0 Å². The molecular weight excluding hydrogens is 290 g/mol. The van der Waals surface area contributed by atoms with Crippen LogP contribution < -0.4 is 16.0 Å². The first kappa shape index (κ1) is 15.8. The molecule has 0 radical (unpaired) electrons. The molecule has 5 nitrogen and oxygen atoms in total. The highest BCUT2D eigenvalue weighted by Gasteiger charge is 2.34. The van der Waals surface area contributed by atoms with Crippen LogP contribution in [-0.2, 0) is 4.79 Å². The molecule has 0 bridgehead atoms. The summed E-state index contributed by atoms with van der Waals surface area (Å²) < 4.78 is 0. The molecule has 1 unspecified atom stereocenters. The minimum Gasteiger partial charge on any atom is -0.355 e. The maximum Gasteiger partial charge on any atom is 0.252 e. The first-order valence-corrected chi connectivity index (χ1v) is 7.38. The van der Waals surface area contributed by atoms with E-state index in [4.69, 9.17) is 11.6 Å². The van der Waals surface area contributed by atoms with Gasteiger partial charge in [-0.15, -0.1) is 0 Å². The van der Waals surface area contributed by atoms with Gasteiger partial charge in [-0.1, -0.05) is 11.6 Å². The summed E-state index contributed by atoms with van der Waals surface area (Å²) >= 11 is 6.00. The van der Waals surface area contributed by atoms with Gasteiger partial charge in [-0.2, -0.15) is 0 Å². The number of benzene rings is 1. The summed E-state index contributed by atoms with van der Waals surface area (Å²) in [5, 5.41) is 9.01. The fraction of sp³-hybridized carbons (Fsp3) is 0.467. The van der Waals surface area contributed by atoms with Gasteiger partial charge in [0.1, 0.15) is 0 Å². The second-order valence-electron chi connectivity index (χ2n) is 5.57. The van der Waals surface area contributed by atoms with E-state index in [1.165, 1.54) is 0 Å². The molecule has 6 heteroatoms. The largest absolute Gasteiger partial charge is 0.355 e. The normalized spacial score (nSPS) is 21.7. The predicted octanol–water partition coefficient (Wildman–Crippen LogP) is 2.03. The molecule has 3 N–H and O–H groups in total. The van der Waals surface area contributed by atoms with Crippen molar-refractivity contribution < 1.29 is 9.59 Å². The second kappa shape index (κ2) is 6.45. The Morgan fingerprint density at radius 3 is 2.76 bits per heavy atom. The maximum absolute atomic E-state index is 12.4. The monoisotopic (exact) mass is 309 g/mol. The van der Waals surface area contributed by atoms with Crippen molar-refractivity contribution in [3.05, 3.63) is 28.8 Å². The Labute approximate surface area is 129 Å². The van der Waals surface area contributed by atoms with Crippen LogP contribution in [-0.4, -0.2) is 32.0 Å².